The number of aromatic hydroxyl groups is 3. The average Bonchev–Trinajstić information content (AvgIpc) is 2.42. The lowest BCUT2D eigenvalue weighted by Crippen LogP contribution is -2.14. The summed E-state index contributed by atoms with van der Waals surface area (Å²) in [5, 5.41) is 30.9. The van der Waals surface area contributed by atoms with E-state index < -0.39 is 28.9 Å². The Morgan fingerprint density at radius 1 is 0.850 bits per heavy atom. The van der Waals surface area contributed by atoms with Crippen LogP contribution in [0.3, 0.4) is 0 Å². The van der Waals surface area contributed by atoms with Crippen LogP contribution in [0.25, 0.3) is 0 Å². The van der Waals surface area contributed by atoms with Gasteiger partial charge in [0.15, 0.2) is 11.5 Å². The molecule has 0 heterocycles. The molecule has 0 unspecified atom stereocenters. The van der Waals surface area contributed by atoms with Crippen LogP contribution < -0.4 is 5.32 Å². The lowest BCUT2D eigenvalue weighted by molar-refractivity contribution is 0.364. The molecule has 0 atom stereocenters. The van der Waals surface area contributed by atoms with Crippen molar-refractivity contribution in [3.05, 3.63) is 53.1 Å². The first-order valence-electron chi connectivity index (χ1n) is 5.86. The summed E-state index contributed by atoms with van der Waals surface area (Å²) in [6.07, 6.45) is 0. The van der Waals surface area contributed by atoms with Crippen LogP contribution in [-0.2, 0) is 13.1 Å². The number of nitrogens with one attached hydrogen (secondary N) is 1. The quantitative estimate of drug-likeness (QED) is 0.649. The lowest BCUT2D eigenvalue weighted by atomic mass is 10.1. The molecule has 0 radical (unpaired) electrons. The third-order valence-corrected chi connectivity index (χ3v) is 2.85. The highest BCUT2D eigenvalue weighted by Gasteiger charge is 2.11. The van der Waals surface area contributed by atoms with Gasteiger partial charge >= 0.3 is 0 Å². The summed E-state index contributed by atoms with van der Waals surface area (Å²) < 4.78 is 26.3. The minimum absolute atomic E-state index is 0.0602. The molecule has 20 heavy (non-hydrogen) atoms. The first-order chi connectivity index (χ1) is 9.49. The van der Waals surface area contributed by atoms with Gasteiger partial charge in [0, 0.05) is 24.2 Å². The topological polar surface area (TPSA) is 72.7 Å². The summed E-state index contributed by atoms with van der Waals surface area (Å²) >= 11 is 0. The van der Waals surface area contributed by atoms with Crippen molar-refractivity contribution in [3.63, 3.8) is 0 Å². The number of hydrogen-bond donors (Lipinski definition) is 4. The number of phenolic OH excluding ortho intramolecular Hbond substituents is 3. The Balaban J connectivity index is 2.03. The van der Waals surface area contributed by atoms with Crippen molar-refractivity contribution in [2.75, 3.05) is 0 Å². The van der Waals surface area contributed by atoms with Crippen LogP contribution >= 0.6 is 0 Å². The van der Waals surface area contributed by atoms with E-state index in [2.05, 4.69) is 5.32 Å². The first-order valence-corrected chi connectivity index (χ1v) is 5.86. The van der Waals surface area contributed by atoms with Gasteiger partial charge in [-0.3, -0.25) is 0 Å². The van der Waals surface area contributed by atoms with Crippen LogP contribution in [0.15, 0.2) is 30.3 Å². The van der Waals surface area contributed by atoms with Crippen molar-refractivity contribution in [1.29, 1.82) is 0 Å². The van der Waals surface area contributed by atoms with Gasteiger partial charge in [0.2, 0.25) is 5.75 Å². The maximum atomic E-state index is 13.4. The van der Waals surface area contributed by atoms with Gasteiger partial charge in [-0.15, -0.1) is 0 Å². The number of halogens is 2. The molecular formula is C14H13F2NO3. The second-order valence-corrected chi connectivity index (χ2v) is 4.28. The van der Waals surface area contributed by atoms with Crippen molar-refractivity contribution < 1.29 is 24.1 Å². The van der Waals surface area contributed by atoms with Gasteiger partial charge in [0.05, 0.1) is 0 Å². The average molecular weight is 281 g/mol. The Kier molecular flexibility index (Phi) is 4.05. The standard InChI is InChI=1S/C14H13F2NO3/c15-10-2-3-11(16)9(5-10)7-17-6-8-1-4-12(18)14(20)13(8)19/h1-5,17-20H,6-7H2. The molecule has 4 N–H and O–H groups in total. The zero-order chi connectivity index (χ0) is 14.7. The van der Waals surface area contributed by atoms with Crippen molar-refractivity contribution in [2.45, 2.75) is 13.1 Å². The Morgan fingerprint density at radius 2 is 1.55 bits per heavy atom. The van der Waals surface area contributed by atoms with Crippen LogP contribution in [0, 0.1) is 11.6 Å². The highest BCUT2D eigenvalue weighted by Crippen LogP contribution is 2.36. The summed E-state index contributed by atoms with van der Waals surface area (Å²) in [5.41, 5.74) is 0.490. The zero-order valence-electron chi connectivity index (χ0n) is 10.4. The first kappa shape index (κ1) is 14.1. The molecule has 0 amide bonds. The zero-order valence-corrected chi connectivity index (χ0v) is 10.4. The van der Waals surface area contributed by atoms with Gasteiger partial charge in [-0.1, -0.05) is 6.07 Å². The fourth-order valence-electron chi connectivity index (χ4n) is 1.76. The Morgan fingerprint density at radius 3 is 2.30 bits per heavy atom. The van der Waals surface area contributed by atoms with Gasteiger partial charge in [-0.2, -0.15) is 0 Å². The Labute approximate surface area is 113 Å². The molecule has 106 valence electrons. The molecule has 0 spiro atoms. The van der Waals surface area contributed by atoms with E-state index in [9.17, 15) is 24.1 Å². The Bertz CT molecular complexity index is 632. The van der Waals surface area contributed by atoms with Crippen molar-refractivity contribution in [2.24, 2.45) is 0 Å². The van der Waals surface area contributed by atoms with Gasteiger partial charge in [0.25, 0.3) is 0 Å². The molecule has 4 nitrogen and oxygen atoms in total. The van der Waals surface area contributed by atoms with E-state index in [1.54, 1.807) is 0 Å². The summed E-state index contributed by atoms with van der Waals surface area (Å²) in [5.74, 6) is -2.55. The van der Waals surface area contributed by atoms with E-state index >= 15 is 0 Å². The largest absolute Gasteiger partial charge is 0.504 e. The third kappa shape index (κ3) is 2.97. The summed E-state index contributed by atoms with van der Waals surface area (Å²) in [6.45, 7) is 0.181. The highest BCUT2D eigenvalue weighted by molar-refractivity contribution is 5.53. The van der Waals surface area contributed by atoms with Crippen LogP contribution in [0.5, 0.6) is 17.2 Å². The summed E-state index contributed by atoms with van der Waals surface area (Å²) in [7, 11) is 0. The van der Waals surface area contributed by atoms with Crippen molar-refractivity contribution in [3.8, 4) is 17.2 Å². The molecule has 2 aromatic carbocycles. The predicted molar refractivity (Wildman–Crippen MR) is 68.3 cm³/mol. The fourth-order valence-corrected chi connectivity index (χ4v) is 1.76. The van der Waals surface area contributed by atoms with E-state index in [0.717, 1.165) is 18.2 Å². The molecule has 0 aliphatic rings. The minimum atomic E-state index is -0.610. The number of phenols is 3. The maximum absolute atomic E-state index is 13.4. The molecule has 2 rings (SSSR count). The summed E-state index contributed by atoms with van der Waals surface area (Å²) in [6, 6.07) is 5.80. The van der Waals surface area contributed by atoms with Crippen molar-refractivity contribution in [1.82, 2.24) is 5.32 Å². The molecule has 0 bridgehead atoms. The lowest BCUT2D eigenvalue weighted by Gasteiger charge is -2.09. The van der Waals surface area contributed by atoms with Gasteiger partial charge in [-0.05, 0) is 24.3 Å². The molecule has 6 heteroatoms. The molecule has 0 aliphatic heterocycles. The normalized spacial score (nSPS) is 10.7. The van der Waals surface area contributed by atoms with E-state index in [0.29, 0.717) is 5.56 Å². The van der Waals surface area contributed by atoms with Gasteiger partial charge in [-0.25, -0.2) is 8.78 Å². The van der Waals surface area contributed by atoms with E-state index in [4.69, 9.17) is 0 Å². The van der Waals surface area contributed by atoms with E-state index in [1.165, 1.54) is 12.1 Å². The van der Waals surface area contributed by atoms with Crippen LogP contribution in [0.2, 0.25) is 0 Å². The molecule has 0 saturated heterocycles. The Hall–Kier alpha value is -2.34. The van der Waals surface area contributed by atoms with Crippen molar-refractivity contribution >= 4 is 0 Å². The molecule has 0 aliphatic carbocycles. The smallest absolute Gasteiger partial charge is 0.200 e. The van der Waals surface area contributed by atoms with Crippen LogP contribution in [0.1, 0.15) is 11.1 Å². The highest BCUT2D eigenvalue weighted by atomic mass is 19.1. The third-order valence-electron chi connectivity index (χ3n) is 2.85. The van der Waals surface area contributed by atoms with Gasteiger partial charge in [0.1, 0.15) is 11.6 Å². The predicted octanol–water partition coefficient (Wildman–Crippen LogP) is 2.37. The molecule has 0 fully saturated rings. The molecule has 0 aromatic heterocycles. The van der Waals surface area contributed by atoms with Crippen LogP contribution in [0.4, 0.5) is 8.78 Å². The second kappa shape index (κ2) is 5.75. The van der Waals surface area contributed by atoms with E-state index in [1.807, 2.05) is 0 Å². The second-order valence-electron chi connectivity index (χ2n) is 4.28. The maximum Gasteiger partial charge on any atom is 0.200 e. The minimum Gasteiger partial charge on any atom is -0.504 e. The van der Waals surface area contributed by atoms with E-state index in [-0.39, 0.29) is 18.7 Å². The number of benzene rings is 2. The summed E-state index contributed by atoms with van der Waals surface area (Å²) in [4.78, 5) is 0. The fraction of sp³-hybridized carbons (Fsp3) is 0.143. The number of rotatable bonds is 4. The monoisotopic (exact) mass is 281 g/mol. The SMILES string of the molecule is Oc1ccc(CNCc2cc(F)ccc2F)c(O)c1O. The molecule has 2 aromatic rings. The molecular weight excluding hydrogens is 268 g/mol. The molecule has 0 saturated carbocycles. The number of hydrogen-bond acceptors (Lipinski definition) is 4. The van der Waals surface area contributed by atoms with Gasteiger partial charge < -0.3 is 20.6 Å². The van der Waals surface area contributed by atoms with Crippen LogP contribution in [-0.4, -0.2) is 15.3 Å².